The lowest BCUT2D eigenvalue weighted by Crippen LogP contribution is -2.17. The highest BCUT2D eigenvalue weighted by molar-refractivity contribution is 7.92. The summed E-state index contributed by atoms with van der Waals surface area (Å²) in [6.07, 6.45) is 1.17. The van der Waals surface area contributed by atoms with E-state index in [1.54, 1.807) is 0 Å². The summed E-state index contributed by atoms with van der Waals surface area (Å²) >= 11 is 0. The number of pyridine rings is 1. The molecule has 18 heavy (non-hydrogen) atoms. The van der Waals surface area contributed by atoms with Crippen LogP contribution in [0.4, 0.5) is 10.3 Å². The van der Waals surface area contributed by atoms with Crippen LogP contribution >= 0.6 is 0 Å². The second-order valence-corrected chi connectivity index (χ2v) is 4.66. The molecule has 10 heteroatoms. The number of ether oxygens (including phenoxy) is 1. The number of halogens is 1. The summed E-state index contributed by atoms with van der Waals surface area (Å²) in [6, 6.07) is 2.23. The predicted molar refractivity (Wildman–Crippen MR) is 57.9 cm³/mol. The second-order valence-electron chi connectivity index (χ2n) is 3.07. The molecule has 0 aliphatic carbocycles. The molecule has 2 rings (SSSR count). The molecule has 96 valence electrons. The normalized spacial score (nSPS) is 11.2. The fourth-order valence-corrected chi connectivity index (χ4v) is 2.09. The van der Waals surface area contributed by atoms with Gasteiger partial charge in [-0.3, -0.25) is 0 Å². The first kappa shape index (κ1) is 12.2. The first-order valence-electron chi connectivity index (χ1n) is 4.62. The summed E-state index contributed by atoms with van der Waals surface area (Å²) in [4.78, 5) is 7.09. The smallest absolute Gasteiger partial charge is 0.336 e. The minimum atomic E-state index is -4.16. The van der Waals surface area contributed by atoms with Crippen molar-refractivity contribution in [2.75, 3.05) is 11.8 Å². The molecule has 8 nitrogen and oxygen atoms in total. The molecule has 0 amide bonds. The number of nitrogens with zero attached hydrogens (tertiary/aromatic N) is 3. The topological polar surface area (TPSA) is 110 Å². The Balaban J connectivity index is 2.30. The van der Waals surface area contributed by atoms with Crippen LogP contribution < -0.4 is 9.46 Å². The van der Waals surface area contributed by atoms with Crippen LogP contribution in [0, 0.1) is 5.82 Å². The molecule has 2 aromatic rings. The van der Waals surface area contributed by atoms with Gasteiger partial charge < -0.3 is 4.74 Å². The molecule has 0 spiro atoms. The van der Waals surface area contributed by atoms with Crippen LogP contribution in [0.3, 0.4) is 0 Å². The summed E-state index contributed by atoms with van der Waals surface area (Å²) < 4.78 is 43.5. The van der Waals surface area contributed by atoms with Crippen LogP contribution in [-0.4, -0.2) is 35.7 Å². The van der Waals surface area contributed by atoms with Gasteiger partial charge in [-0.05, 0) is 12.1 Å². The zero-order valence-corrected chi connectivity index (χ0v) is 9.90. The van der Waals surface area contributed by atoms with Crippen molar-refractivity contribution in [1.29, 1.82) is 0 Å². The molecule has 0 saturated heterocycles. The zero-order valence-electron chi connectivity index (χ0n) is 9.08. The predicted octanol–water partition coefficient (Wildman–Crippen LogP) is 0.148. The molecule has 0 aliphatic rings. The van der Waals surface area contributed by atoms with Crippen molar-refractivity contribution >= 4 is 16.0 Å². The van der Waals surface area contributed by atoms with Crippen molar-refractivity contribution in [1.82, 2.24) is 20.2 Å². The fourth-order valence-electron chi connectivity index (χ4n) is 1.13. The number of methoxy groups -OCH3 is 1. The Morgan fingerprint density at radius 2 is 2.28 bits per heavy atom. The number of nitrogens with one attached hydrogen (secondary N) is 2. The Morgan fingerprint density at radius 1 is 1.50 bits per heavy atom. The lowest BCUT2D eigenvalue weighted by atomic mass is 10.5. The highest BCUT2D eigenvalue weighted by Gasteiger charge is 2.22. The van der Waals surface area contributed by atoms with Crippen LogP contribution in [0.15, 0.2) is 23.4 Å². The zero-order chi connectivity index (χ0) is 13.2. The van der Waals surface area contributed by atoms with E-state index in [0.717, 1.165) is 6.07 Å². The molecule has 0 radical (unpaired) electrons. The number of H-pyrrole nitrogens is 1. The van der Waals surface area contributed by atoms with E-state index in [1.165, 1.54) is 19.4 Å². The van der Waals surface area contributed by atoms with Crippen LogP contribution in [-0.2, 0) is 10.0 Å². The van der Waals surface area contributed by atoms with E-state index in [1.807, 2.05) is 4.72 Å². The molecule has 0 saturated carbocycles. The Kier molecular flexibility index (Phi) is 3.10. The summed E-state index contributed by atoms with van der Waals surface area (Å²) in [7, 11) is -2.84. The minimum Gasteiger partial charge on any atom is -0.466 e. The molecule has 0 aromatic carbocycles. The minimum absolute atomic E-state index is 0.0470. The quantitative estimate of drug-likeness (QED) is 0.820. The van der Waals surface area contributed by atoms with Crippen molar-refractivity contribution in [3.63, 3.8) is 0 Å². The molecule has 0 aliphatic heterocycles. The lowest BCUT2D eigenvalue weighted by Gasteiger charge is -2.04. The fraction of sp³-hybridized carbons (Fsp3) is 0.125. The number of rotatable bonds is 4. The molecular formula is C8H8FN5O3S. The first-order chi connectivity index (χ1) is 8.53. The van der Waals surface area contributed by atoms with Gasteiger partial charge in [0.25, 0.3) is 10.0 Å². The number of sulfonamides is 1. The van der Waals surface area contributed by atoms with Gasteiger partial charge in [-0.2, -0.15) is 13.4 Å². The lowest BCUT2D eigenvalue weighted by molar-refractivity contribution is 0.382. The van der Waals surface area contributed by atoms with Crippen LogP contribution in [0.1, 0.15) is 0 Å². The molecule has 0 atom stereocenters. The first-order valence-corrected chi connectivity index (χ1v) is 6.11. The largest absolute Gasteiger partial charge is 0.466 e. The maximum atomic E-state index is 13.3. The van der Waals surface area contributed by atoms with E-state index < -0.39 is 20.9 Å². The van der Waals surface area contributed by atoms with Gasteiger partial charge in [0.05, 0.1) is 7.11 Å². The van der Waals surface area contributed by atoms with Crippen molar-refractivity contribution < 1.29 is 17.5 Å². The van der Waals surface area contributed by atoms with E-state index in [9.17, 15) is 12.8 Å². The Morgan fingerprint density at radius 3 is 2.89 bits per heavy atom. The Hall–Kier alpha value is -2.23. The molecule has 0 bridgehead atoms. The second kappa shape index (κ2) is 4.56. The average molecular weight is 273 g/mol. The van der Waals surface area contributed by atoms with E-state index in [0.29, 0.717) is 0 Å². The van der Waals surface area contributed by atoms with Crippen LogP contribution in [0.2, 0.25) is 0 Å². The monoisotopic (exact) mass is 273 g/mol. The third-order valence-corrected chi connectivity index (χ3v) is 3.13. The molecule has 2 heterocycles. The molecule has 2 N–H and O–H groups in total. The number of aromatic amines is 1. The summed E-state index contributed by atoms with van der Waals surface area (Å²) in [5.74, 6) is -1.16. The number of hydrogen-bond donors (Lipinski definition) is 2. The molecule has 0 unspecified atom stereocenters. The summed E-state index contributed by atoms with van der Waals surface area (Å²) in [6.45, 7) is 0. The van der Waals surface area contributed by atoms with Gasteiger partial charge in [-0.1, -0.05) is 0 Å². The Labute approximate surface area is 101 Å². The summed E-state index contributed by atoms with van der Waals surface area (Å²) in [5.41, 5.74) is 0. The number of anilines is 1. The number of hydrogen-bond acceptors (Lipinski definition) is 6. The van der Waals surface area contributed by atoms with Crippen LogP contribution in [0.5, 0.6) is 6.01 Å². The van der Waals surface area contributed by atoms with Crippen molar-refractivity contribution in [3.05, 3.63) is 24.1 Å². The highest BCUT2D eigenvalue weighted by Crippen LogP contribution is 2.14. The van der Waals surface area contributed by atoms with Gasteiger partial charge in [-0.15, -0.1) is 5.10 Å². The van der Waals surface area contributed by atoms with E-state index >= 15 is 0 Å². The van der Waals surface area contributed by atoms with Crippen molar-refractivity contribution in [2.45, 2.75) is 5.03 Å². The van der Waals surface area contributed by atoms with E-state index in [4.69, 9.17) is 0 Å². The maximum absolute atomic E-state index is 13.3. The number of aromatic nitrogens is 4. The molecular weight excluding hydrogens is 265 g/mol. The van der Waals surface area contributed by atoms with Gasteiger partial charge in [0.2, 0.25) is 11.0 Å². The van der Waals surface area contributed by atoms with E-state index in [-0.39, 0.29) is 12.0 Å². The van der Waals surface area contributed by atoms with Crippen LogP contribution in [0.25, 0.3) is 0 Å². The van der Waals surface area contributed by atoms with E-state index in [2.05, 4.69) is 24.9 Å². The SMILES string of the molecule is COc1n[nH]c(NS(=O)(=O)c2ncccc2F)n1. The Bertz CT molecular complexity index is 656. The van der Waals surface area contributed by atoms with Gasteiger partial charge in [-0.25, -0.2) is 19.2 Å². The van der Waals surface area contributed by atoms with Gasteiger partial charge in [0.1, 0.15) is 0 Å². The maximum Gasteiger partial charge on any atom is 0.336 e. The standard InChI is InChI=1S/C8H8FN5O3S/c1-17-8-11-7(12-13-8)14-18(15,16)6-5(9)3-2-4-10-6/h2-4H,1H3,(H2,11,12,13,14). The third-order valence-electron chi connectivity index (χ3n) is 1.86. The average Bonchev–Trinajstić information content (AvgIpc) is 2.76. The van der Waals surface area contributed by atoms with Gasteiger partial charge in [0.15, 0.2) is 5.82 Å². The van der Waals surface area contributed by atoms with Gasteiger partial charge >= 0.3 is 6.01 Å². The highest BCUT2D eigenvalue weighted by atomic mass is 32.2. The van der Waals surface area contributed by atoms with Crippen molar-refractivity contribution in [2.24, 2.45) is 0 Å². The molecule has 2 aromatic heterocycles. The summed E-state index contributed by atoms with van der Waals surface area (Å²) in [5, 5.41) is 5.09. The third kappa shape index (κ3) is 2.37. The molecule has 0 fully saturated rings. The van der Waals surface area contributed by atoms with Gasteiger partial charge in [0, 0.05) is 6.20 Å². The van der Waals surface area contributed by atoms with Crippen molar-refractivity contribution in [3.8, 4) is 6.01 Å².